The first-order valence-corrected chi connectivity index (χ1v) is 8.55. The molecule has 6 heteroatoms. The molecule has 0 aliphatic rings. The van der Waals surface area contributed by atoms with E-state index in [0.29, 0.717) is 17.6 Å². The Balaban J connectivity index is 2.17. The van der Waals surface area contributed by atoms with Crippen molar-refractivity contribution in [3.63, 3.8) is 0 Å². The number of imidazole rings is 1. The monoisotopic (exact) mass is 386 g/mol. The van der Waals surface area contributed by atoms with E-state index in [-0.39, 0.29) is 11.2 Å². The standard InChI is InChI=1S/C15H13BrClFN2S/c1-8-5-13-12(6-11(8)18)19-15(9(2)17)20(13)7-10-3-4-14(16)21-10/h3-6,9H,7H2,1-2H3. The van der Waals surface area contributed by atoms with Crippen molar-refractivity contribution in [2.75, 3.05) is 0 Å². The Morgan fingerprint density at radius 1 is 1.43 bits per heavy atom. The number of halogens is 3. The van der Waals surface area contributed by atoms with Gasteiger partial charge in [0.25, 0.3) is 0 Å². The van der Waals surface area contributed by atoms with Gasteiger partial charge in [0.1, 0.15) is 11.6 Å². The van der Waals surface area contributed by atoms with Crippen molar-refractivity contribution in [1.29, 1.82) is 0 Å². The molecule has 2 heterocycles. The maximum atomic E-state index is 13.7. The molecule has 3 aromatic rings. The molecular formula is C15H13BrClFN2S. The second-order valence-corrected chi connectivity index (χ2v) is 8.17. The van der Waals surface area contributed by atoms with Gasteiger partial charge in [0.2, 0.25) is 0 Å². The second kappa shape index (κ2) is 5.71. The molecule has 110 valence electrons. The molecule has 1 atom stereocenters. The fourth-order valence-electron chi connectivity index (χ4n) is 2.33. The summed E-state index contributed by atoms with van der Waals surface area (Å²) < 4.78 is 16.9. The number of nitrogens with zero attached hydrogens (tertiary/aromatic N) is 2. The molecule has 1 aromatic carbocycles. The summed E-state index contributed by atoms with van der Waals surface area (Å²) >= 11 is 11.4. The summed E-state index contributed by atoms with van der Waals surface area (Å²) in [6, 6.07) is 7.41. The molecule has 0 saturated heterocycles. The van der Waals surface area contributed by atoms with Crippen molar-refractivity contribution in [2.24, 2.45) is 0 Å². The molecule has 0 amide bonds. The van der Waals surface area contributed by atoms with E-state index in [1.54, 1.807) is 18.3 Å². The van der Waals surface area contributed by atoms with E-state index >= 15 is 0 Å². The highest BCUT2D eigenvalue weighted by atomic mass is 79.9. The summed E-state index contributed by atoms with van der Waals surface area (Å²) in [7, 11) is 0. The number of alkyl halides is 1. The maximum absolute atomic E-state index is 13.7. The molecule has 3 rings (SSSR count). The molecule has 0 saturated carbocycles. The van der Waals surface area contributed by atoms with Gasteiger partial charge in [-0.05, 0) is 53.5 Å². The van der Waals surface area contributed by atoms with Crippen LogP contribution in [-0.2, 0) is 6.54 Å². The fraction of sp³-hybridized carbons (Fsp3) is 0.267. The van der Waals surface area contributed by atoms with Crippen LogP contribution in [0.1, 0.15) is 28.6 Å². The minimum Gasteiger partial charge on any atom is -0.321 e. The van der Waals surface area contributed by atoms with Gasteiger partial charge in [-0.15, -0.1) is 22.9 Å². The molecule has 0 aliphatic heterocycles. The summed E-state index contributed by atoms with van der Waals surface area (Å²) in [5, 5.41) is -0.232. The molecular weight excluding hydrogens is 375 g/mol. The number of fused-ring (bicyclic) bond motifs is 1. The lowest BCUT2D eigenvalue weighted by Gasteiger charge is -2.09. The van der Waals surface area contributed by atoms with Crippen molar-refractivity contribution in [2.45, 2.75) is 25.8 Å². The summed E-state index contributed by atoms with van der Waals surface area (Å²) in [6.45, 7) is 4.33. The molecule has 2 aromatic heterocycles. The van der Waals surface area contributed by atoms with Gasteiger partial charge in [0.05, 0.1) is 26.7 Å². The molecule has 0 spiro atoms. The topological polar surface area (TPSA) is 17.8 Å². The van der Waals surface area contributed by atoms with Crippen LogP contribution in [0.3, 0.4) is 0 Å². The Labute approximate surface area is 139 Å². The van der Waals surface area contributed by atoms with E-state index in [0.717, 1.165) is 15.1 Å². The predicted molar refractivity (Wildman–Crippen MR) is 89.8 cm³/mol. The molecule has 2 nitrogen and oxygen atoms in total. The zero-order valence-electron chi connectivity index (χ0n) is 11.5. The fourth-order valence-corrected chi connectivity index (χ4v) is 3.97. The Kier molecular flexibility index (Phi) is 4.08. The highest BCUT2D eigenvalue weighted by Gasteiger charge is 2.17. The van der Waals surface area contributed by atoms with E-state index in [4.69, 9.17) is 11.6 Å². The number of aryl methyl sites for hydroxylation is 1. The Morgan fingerprint density at radius 3 is 2.81 bits per heavy atom. The Hall–Kier alpha value is -0.910. The van der Waals surface area contributed by atoms with E-state index in [1.165, 1.54) is 10.9 Å². The van der Waals surface area contributed by atoms with Gasteiger partial charge < -0.3 is 4.57 Å². The largest absolute Gasteiger partial charge is 0.321 e. The SMILES string of the molecule is Cc1cc2c(cc1F)nc(C(C)Cl)n2Cc1ccc(Br)s1. The third-order valence-corrected chi connectivity index (χ3v) is 5.16. The maximum Gasteiger partial charge on any atom is 0.128 e. The summed E-state index contributed by atoms with van der Waals surface area (Å²) in [6.07, 6.45) is 0. The van der Waals surface area contributed by atoms with Gasteiger partial charge in [-0.1, -0.05) is 0 Å². The minimum atomic E-state index is -0.236. The van der Waals surface area contributed by atoms with Gasteiger partial charge in [-0.25, -0.2) is 9.37 Å². The average molecular weight is 388 g/mol. The van der Waals surface area contributed by atoms with Crippen LogP contribution in [0.2, 0.25) is 0 Å². The predicted octanol–water partition coefficient (Wildman–Crippen LogP) is 5.66. The lowest BCUT2D eigenvalue weighted by Crippen LogP contribution is -2.04. The van der Waals surface area contributed by atoms with Gasteiger partial charge in [-0.3, -0.25) is 0 Å². The van der Waals surface area contributed by atoms with Crippen LogP contribution in [-0.4, -0.2) is 9.55 Å². The Bertz CT molecular complexity index is 809. The first-order valence-electron chi connectivity index (χ1n) is 6.50. The van der Waals surface area contributed by atoms with E-state index in [2.05, 4.69) is 31.5 Å². The zero-order chi connectivity index (χ0) is 15.1. The third kappa shape index (κ3) is 2.87. The summed E-state index contributed by atoms with van der Waals surface area (Å²) in [4.78, 5) is 5.70. The lowest BCUT2D eigenvalue weighted by molar-refractivity contribution is 0.620. The van der Waals surface area contributed by atoms with Crippen LogP contribution < -0.4 is 0 Å². The normalized spacial score (nSPS) is 13.0. The van der Waals surface area contributed by atoms with Crippen molar-refractivity contribution in [1.82, 2.24) is 9.55 Å². The molecule has 0 fully saturated rings. The highest BCUT2D eigenvalue weighted by Crippen LogP contribution is 2.29. The molecule has 0 N–H and O–H groups in total. The smallest absolute Gasteiger partial charge is 0.128 e. The highest BCUT2D eigenvalue weighted by molar-refractivity contribution is 9.11. The summed E-state index contributed by atoms with van der Waals surface area (Å²) in [5.41, 5.74) is 2.18. The quantitative estimate of drug-likeness (QED) is 0.530. The number of hydrogen-bond donors (Lipinski definition) is 0. The molecule has 0 radical (unpaired) electrons. The number of rotatable bonds is 3. The van der Waals surface area contributed by atoms with E-state index in [1.807, 2.05) is 19.1 Å². The van der Waals surface area contributed by atoms with Gasteiger partial charge in [0.15, 0.2) is 0 Å². The van der Waals surface area contributed by atoms with Crippen molar-refractivity contribution < 1.29 is 4.39 Å². The van der Waals surface area contributed by atoms with Gasteiger partial charge >= 0.3 is 0 Å². The van der Waals surface area contributed by atoms with E-state index in [9.17, 15) is 4.39 Å². The zero-order valence-corrected chi connectivity index (χ0v) is 14.7. The van der Waals surface area contributed by atoms with E-state index < -0.39 is 0 Å². The van der Waals surface area contributed by atoms with Crippen LogP contribution in [0.5, 0.6) is 0 Å². The number of thiophene rings is 1. The van der Waals surface area contributed by atoms with Crippen LogP contribution in [0, 0.1) is 12.7 Å². The summed E-state index contributed by atoms with van der Waals surface area (Å²) in [5.74, 6) is 0.529. The number of aromatic nitrogens is 2. The van der Waals surface area contributed by atoms with Crippen LogP contribution >= 0.6 is 38.9 Å². The molecule has 1 unspecified atom stereocenters. The van der Waals surface area contributed by atoms with Crippen LogP contribution in [0.15, 0.2) is 28.1 Å². The van der Waals surface area contributed by atoms with Crippen molar-refractivity contribution in [3.05, 3.63) is 50.1 Å². The van der Waals surface area contributed by atoms with Gasteiger partial charge in [-0.2, -0.15) is 0 Å². The van der Waals surface area contributed by atoms with Crippen molar-refractivity contribution in [3.8, 4) is 0 Å². The second-order valence-electron chi connectivity index (χ2n) is 4.97. The molecule has 0 aliphatic carbocycles. The minimum absolute atomic E-state index is 0.232. The van der Waals surface area contributed by atoms with Gasteiger partial charge in [0, 0.05) is 10.9 Å². The number of hydrogen-bond acceptors (Lipinski definition) is 2. The third-order valence-electron chi connectivity index (χ3n) is 3.36. The lowest BCUT2D eigenvalue weighted by atomic mass is 10.2. The first-order chi connectivity index (χ1) is 9.95. The van der Waals surface area contributed by atoms with Crippen LogP contribution in [0.25, 0.3) is 11.0 Å². The Morgan fingerprint density at radius 2 is 2.19 bits per heavy atom. The van der Waals surface area contributed by atoms with Crippen LogP contribution in [0.4, 0.5) is 4.39 Å². The molecule has 21 heavy (non-hydrogen) atoms. The first kappa shape index (κ1) is 15.0. The average Bonchev–Trinajstić information content (AvgIpc) is 2.96. The molecule has 0 bridgehead atoms. The van der Waals surface area contributed by atoms with Crippen molar-refractivity contribution >= 4 is 49.9 Å². The number of benzene rings is 1.